The summed E-state index contributed by atoms with van der Waals surface area (Å²) in [4.78, 5) is 8.48. The first-order valence-electron chi connectivity index (χ1n) is 4.79. The summed E-state index contributed by atoms with van der Waals surface area (Å²) in [5.74, 6) is 0. The lowest BCUT2D eigenvalue weighted by atomic mass is 10.1. The van der Waals surface area contributed by atoms with Gasteiger partial charge in [0.1, 0.15) is 0 Å². The first-order valence-corrected chi connectivity index (χ1v) is 4.79. The number of ether oxygens (including phenoxy) is 1. The third-order valence-electron chi connectivity index (χ3n) is 2.47. The third kappa shape index (κ3) is 1.79. The van der Waals surface area contributed by atoms with E-state index in [4.69, 9.17) is 4.74 Å². The standard InChI is InChI=1S/C10H14N2O/c1-13-10-11-7-8-5-3-2-4-6-9(8)12-10/h7H,2-6H2,1H3. The molecule has 2 rings (SSSR count). The predicted molar refractivity (Wildman–Crippen MR) is 49.8 cm³/mol. The number of rotatable bonds is 1. The summed E-state index contributed by atoms with van der Waals surface area (Å²) in [6, 6.07) is 0.501. The Bertz CT molecular complexity index is 299. The minimum absolute atomic E-state index is 0.501. The normalized spacial score (nSPS) is 16.1. The molecular weight excluding hydrogens is 164 g/mol. The van der Waals surface area contributed by atoms with Crippen molar-refractivity contribution in [1.82, 2.24) is 9.97 Å². The molecule has 0 saturated heterocycles. The molecule has 0 unspecified atom stereocenters. The van der Waals surface area contributed by atoms with Crippen molar-refractivity contribution in [3.05, 3.63) is 17.5 Å². The third-order valence-corrected chi connectivity index (χ3v) is 2.47. The molecular formula is C10H14N2O. The SMILES string of the molecule is COc1ncc2c(n1)CCCCC2. The van der Waals surface area contributed by atoms with Crippen molar-refractivity contribution in [2.45, 2.75) is 32.1 Å². The van der Waals surface area contributed by atoms with Gasteiger partial charge in [-0.2, -0.15) is 4.98 Å². The molecule has 70 valence electrons. The van der Waals surface area contributed by atoms with E-state index >= 15 is 0 Å². The van der Waals surface area contributed by atoms with Gasteiger partial charge in [-0.3, -0.25) is 0 Å². The van der Waals surface area contributed by atoms with Gasteiger partial charge in [-0.25, -0.2) is 4.98 Å². The van der Waals surface area contributed by atoms with Crippen molar-refractivity contribution < 1.29 is 4.74 Å². The molecule has 0 aromatic carbocycles. The van der Waals surface area contributed by atoms with Crippen LogP contribution in [0, 0.1) is 0 Å². The maximum absolute atomic E-state index is 5.00. The highest BCUT2D eigenvalue weighted by molar-refractivity contribution is 5.20. The molecule has 0 fully saturated rings. The van der Waals surface area contributed by atoms with Crippen LogP contribution in [0.3, 0.4) is 0 Å². The lowest BCUT2D eigenvalue weighted by molar-refractivity contribution is 0.377. The molecule has 0 atom stereocenters. The molecule has 0 radical (unpaired) electrons. The van der Waals surface area contributed by atoms with Gasteiger partial charge in [-0.15, -0.1) is 0 Å². The summed E-state index contributed by atoms with van der Waals surface area (Å²) in [5.41, 5.74) is 2.49. The van der Waals surface area contributed by atoms with E-state index in [-0.39, 0.29) is 0 Å². The fraction of sp³-hybridized carbons (Fsp3) is 0.600. The Morgan fingerprint density at radius 3 is 2.92 bits per heavy atom. The van der Waals surface area contributed by atoms with Gasteiger partial charge < -0.3 is 4.74 Å². The van der Waals surface area contributed by atoms with E-state index in [0.717, 1.165) is 12.8 Å². The van der Waals surface area contributed by atoms with Crippen LogP contribution in [0.1, 0.15) is 30.5 Å². The molecule has 0 spiro atoms. The van der Waals surface area contributed by atoms with Crippen LogP contribution in [0.5, 0.6) is 6.01 Å². The summed E-state index contributed by atoms with van der Waals surface area (Å²) >= 11 is 0. The lowest BCUT2D eigenvalue weighted by Gasteiger charge is -2.04. The van der Waals surface area contributed by atoms with Crippen LogP contribution in [-0.4, -0.2) is 17.1 Å². The number of nitrogens with zero attached hydrogens (tertiary/aromatic N) is 2. The largest absolute Gasteiger partial charge is 0.467 e. The number of hydrogen-bond acceptors (Lipinski definition) is 3. The van der Waals surface area contributed by atoms with E-state index in [2.05, 4.69) is 9.97 Å². The molecule has 1 aromatic heterocycles. The van der Waals surface area contributed by atoms with Gasteiger partial charge in [0.2, 0.25) is 0 Å². The number of aryl methyl sites for hydroxylation is 2. The topological polar surface area (TPSA) is 35.0 Å². The van der Waals surface area contributed by atoms with Crippen molar-refractivity contribution in [3.63, 3.8) is 0 Å². The first-order chi connectivity index (χ1) is 6.40. The minimum Gasteiger partial charge on any atom is -0.467 e. The maximum atomic E-state index is 5.00. The van der Waals surface area contributed by atoms with Crippen LogP contribution in [0.15, 0.2) is 6.20 Å². The number of methoxy groups -OCH3 is 1. The Labute approximate surface area is 78.2 Å². The predicted octanol–water partition coefficient (Wildman–Crippen LogP) is 1.75. The van der Waals surface area contributed by atoms with Gasteiger partial charge in [0.15, 0.2) is 0 Å². The molecule has 1 aromatic rings. The zero-order valence-corrected chi connectivity index (χ0v) is 7.92. The first kappa shape index (κ1) is 8.48. The average Bonchev–Trinajstić information content (AvgIpc) is 2.41. The van der Waals surface area contributed by atoms with Crippen molar-refractivity contribution in [1.29, 1.82) is 0 Å². The Morgan fingerprint density at radius 1 is 1.23 bits per heavy atom. The van der Waals surface area contributed by atoms with E-state index in [1.54, 1.807) is 7.11 Å². The fourth-order valence-electron chi connectivity index (χ4n) is 1.73. The highest BCUT2D eigenvalue weighted by Crippen LogP contribution is 2.19. The van der Waals surface area contributed by atoms with Gasteiger partial charge in [0, 0.05) is 6.20 Å². The average molecular weight is 178 g/mol. The second kappa shape index (κ2) is 3.73. The van der Waals surface area contributed by atoms with Gasteiger partial charge >= 0.3 is 6.01 Å². The quantitative estimate of drug-likeness (QED) is 0.614. The highest BCUT2D eigenvalue weighted by atomic mass is 16.5. The van der Waals surface area contributed by atoms with E-state index < -0.39 is 0 Å². The smallest absolute Gasteiger partial charge is 0.316 e. The van der Waals surface area contributed by atoms with Crippen LogP contribution in [-0.2, 0) is 12.8 Å². The summed E-state index contributed by atoms with van der Waals surface area (Å²) in [7, 11) is 1.61. The van der Waals surface area contributed by atoms with Crippen LogP contribution >= 0.6 is 0 Å². The van der Waals surface area contributed by atoms with Crippen molar-refractivity contribution in [2.75, 3.05) is 7.11 Å². The number of aromatic nitrogens is 2. The number of fused-ring (bicyclic) bond motifs is 1. The molecule has 0 N–H and O–H groups in total. The summed E-state index contributed by atoms with van der Waals surface area (Å²) in [6.07, 6.45) is 7.93. The van der Waals surface area contributed by atoms with Crippen LogP contribution < -0.4 is 4.74 Å². The molecule has 13 heavy (non-hydrogen) atoms. The molecule has 0 aliphatic heterocycles. The summed E-state index contributed by atoms with van der Waals surface area (Å²) < 4.78 is 5.00. The minimum atomic E-state index is 0.501. The second-order valence-electron chi connectivity index (χ2n) is 3.39. The van der Waals surface area contributed by atoms with Crippen LogP contribution in [0.25, 0.3) is 0 Å². The fourth-order valence-corrected chi connectivity index (χ4v) is 1.73. The molecule has 0 bridgehead atoms. The van der Waals surface area contributed by atoms with Gasteiger partial charge in [-0.1, -0.05) is 6.42 Å². The van der Waals surface area contributed by atoms with Crippen molar-refractivity contribution in [3.8, 4) is 6.01 Å². The summed E-state index contributed by atoms with van der Waals surface area (Å²) in [6.45, 7) is 0. The zero-order chi connectivity index (χ0) is 9.10. The Balaban J connectivity index is 2.32. The summed E-state index contributed by atoms with van der Waals surface area (Å²) in [5, 5.41) is 0. The van der Waals surface area contributed by atoms with Gasteiger partial charge in [-0.05, 0) is 31.2 Å². The van der Waals surface area contributed by atoms with Crippen molar-refractivity contribution >= 4 is 0 Å². The molecule has 0 saturated carbocycles. The lowest BCUT2D eigenvalue weighted by Crippen LogP contribution is -2.00. The highest BCUT2D eigenvalue weighted by Gasteiger charge is 2.10. The molecule has 0 amide bonds. The monoisotopic (exact) mass is 178 g/mol. The number of hydrogen-bond donors (Lipinski definition) is 0. The van der Waals surface area contributed by atoms with E-state index in [9.17, 15) is 0 Å². The van der Waals surface area contributed by atoms with Crippen molar-refractivity contribution in [2.24, 2.45) is 0 Å². The molecule has 3 nitrogen and oxygen atoms in total. The molecule has 3 heteroatoms. The second-order valence-corrected chi connectivity index (χ2v) is 3.39. The van der Waals surface area contributed by atoms with Gasteiger partial charge in [0.25, 0.3) is 0 Å². The molecule has 1 aliphatic rings. The Hall–Kier alpha value is -1.12. The Kier molecular flexibility index (Phi) is 2.43. The molecule has 1 heterocycles. The van der Waals surface area contributed by atoms with Crippen LogP contribution in [0.2, 0.25) is 0 Å². The van der Waals surface area contributed by atoms with Crippen LogP contribution in [0.4, 0.5) is 0 Å². The van der Waals surface area contributed by atoms with Gasteiger partial charge in [0.05, 0.1) is 12.8 Å². The molecule has 1 aliphatic carbocycles. The Morgan fingerprint density at radius 2 is 2.08 bits per heavy atom. The van der Waals surface area contributed by atoms with E-state index in [1.807, 2.05) is 6.20 Å². The van der Waals surface area contributed by atoms with E-state index in [1.165, 1.54) is 30.5 Å². The maximum Gasteiger partial charge on any atom is 0.316 e. The van der Waals surface area contributed by atoms with E-state index in [0.29, 0.717) is 6.01 Å². The zero-order valence-electron chi connectivity index (χ0n) is 7.92.